The van der Waals surface area contributed by atoms with Gasteiger partial charge in [-0.05, 0) is 31.6 Å². The molecule has 0 radical (unpaired) electrons. The normalized spacial score (nSPS) is 28.3. The van der Waals surface area contributed by atoms with Gasteiger partial charge in [0, 0.05) is 37.3 Å². The average molecular weight is 278 g/mol. The van der Waals surface area contributed by atoms with Crippen molar-refractivity contribution in [3.05, 3.63) is 18.7 Å². The molecular formula is C14H22N4S. The molecular weight excluding hydrogens is 256 g/mol. The van der Waals surface area contributed by atoms with E-state index in [0.29, 0.717) is 6.04 Å². The number of amidine groups is 1. The van der Waals surface area contributed by atoms with Crippen LogP contribution in [0.5, 0.6) is 0 Å². The molecule has 3 rings (SSSR count). The Morgan fingerprint density at radius 1 is 1.42 bits per heavy atom. The van der Waals surface area contributed by atoms with E-state index in [9.17, 15) is 0 Å². The predicted molar refractivity (Wildman–Crippen MR) is 80.5 cm³/mol. The molecule has 0 amide bonds. The van der Waals surface area contributed by atoms with Gasteiger partial charge in [-0.3, -0.25) is 4.99 Å². The fraction of sp³-hybridized carbons (Fsp3) is 0.714. The van der Waals surface area contributed by atoms with Crippen LogP contribution in [-0.2, 0) is 6.54 Å². The molecule has 1 N–H and O–H groups in total. The maximum absolute atomic E-state index is 4.71. The van der Waals surface area contributed by atoms with Gasteiger partial charge in [0.05, 0.1) is 6.33 Å². The van der Waals surface area contributed by atoms with Gasteiger partial charge in [-0.1, -0.05) is 18.2 Å². The van der Waals surface area contributed by atoms with Crippen molar-refractivity contribution in [2.24, 2.45) is 10.9 Å². The first-order valence-corrected chi connectivity index (χ1v) is 8.30. The summed E-state index contributed by atoms with van der Waals surface area (Å²) >= 11 is 1.92. The van der Waals surface area contributed by atoms with Gasteiger partial charge in [-0.2, -0.15) is 0 Å². The quantitative estimate of drug-likeness (QED) is 0.842. The van der Waals surface area contributed by atoms with E-state index in [1.165, 1.54) is 36.6 Å². The molecule has 1 saturated carbocycles. The third kappa shape index (κ3) is 3.53. The van der Waals surface area contributed by atoms with Crippen molar-refractivity contribution in [2.45, 2.75) is 44.7 Å². The molecule has 2 unspecified atom stereocenters. The van der Waals surface area contributed by atoms with Crippen molar-refractivity contribution >= 4 is 16.9 Å². The fourth-order valence-corrected chi connectivity index (χ4v) is 4.10. The first kappa shape index (κ1) is 13.0. The summed E-state index contributed by atoms with van der Waals surface area (Å²) in [5, 5.41) is 4.80. The van der Waals surface area contributed by atoms with Gasteiger partial charge in [0.1, 0.15) is 0 Å². The van der Waals surface area contributed by atoms with Crippen molar-refractivity contribution in [3.63, 3.8) is 0 Å². The number of hydrogen-bond donors (Lipinski definition) is 1. The molecule has 0 spiro atoms. The van der Waals surface area contributed by atoms with Gasteiger partial charge in [-0.25, -0.2) is 4.98 Å². The van der Waals surface area contributed by atoms with E-state index in [2.05, 4.69) is 14.9 Å². The lowest BCUT2D eigenvalue weighted by Crippen LogP contribution is -2.41. The predicted octanol–water partition coefficient (Wildman–Crippen LogP) is 2.52. The molecule has 4 nitrogen and oxygen atoms in total. The molecule has 1 aliphatic carbocycles. The van der Waals surface area contributed by atoms with Gasteiger partial charge in [0.15, 0.2) is 5.17 Å². The Labute approximate surface area is 119 Å². The number of aromatic nitrogens is 2. The standard InChI is InChI=1S/C14H22N4S/c1(2-8-18-9-7-15-11-18)6-16-14-17-13-5-3-4-12(13)10-19-14/h7,9,11-13H,1-6,8,10H2,(H,16,17). The highest BCUT2D eigenvalue weighted by atomic mass is 32.2. The number of nitrogens with zero attached hydrogens (tertiary/aromatic N) is 3. The lowest BCUT2D eigenvalue weighted by molar-refractivity contribution is 0.489. The van der Waals surface area contributed by atoms with Gasteiger partial charge in [0.25, 0.3) is 0 Å². The first-order chi connectivity index (χ1) is 9.42. The Morgan fingerprint density at radius 3 is 3.32 bits per heavy atom. The van der Waals surface area contributed by atoms with Crippen molar-refractivity contribution in [3.8, 4) is 0 Å². The van der Waals surface area contributed by atoms with E-state index in [1.807, 2.05) is 30.5 Å². The lowest BCUT2D eigenvalue weighted by Gasteiger charge is -2.28. The second-order valence-electron chi connectivity index (χ2n) is 5.45. The summed E-state index contributed by atoms with van der Waals surface area (Å²) in [4.78, 5) is 8.75. The molecule has 2 heterocycles. The Hall–Kier alpha value is -0.970. The number of imidazole rings is 1. The van der Waals surface area contributed by atoms with Crippen molar-refractivity contribution in [2.75, 3.05) is 12.3 Å². The summed E-state index contributed by atoms with van der Waals surface area (Å²) in [6, 6.07) is 0.714. The maximum Gasteiger partial charge on any atom is 0.156 e. The molecule has 1 saturated heterocycles. The summed E-state index contributed by atoms with van der Waals surface area (Å²) < 4.78 is 2.13. The van der Waals surface area contributed by atoms with Crippen LogP contribution in [0.3, 0.4) is 0 Å². The number of thioether (sulfide) groups is 1. The van der Waals surface area contributed by atoms with E-state index < -0.39 is 0 Å². The second-order valence-corrected chi connectivity index (χ2v) is 6.46. The highest BCUT2D eigenvalue weighted by Crippen LogP contribution is 2.32. The Bertz CT molecular complexity index is 415. The van der Waals surface area contributed by atoms with E-state index in [1.54, 1.807) is 0 Å². The first-order valence-electron chi connectivity index (χ1n) is 7.31. The maximum atomic E-state index is 4.71. The highest BCUT2D eigenvalue weighted by Gasteiger charge is 2.31. The molecule has 1 aliphatic heterocycles. The number of aliphatic imine (C=N–C) groups is 1. The third-order valence-corrected chi connectivity index (χ3v) is 5.16. The average Bonchev–Trinajstić information content (AvgIpc) is 3.08. The SMILES string of the molecule is c1cn(CCCCN=C2NC3CCCC3CS2)cn1. The summed E-state index contributed by atoms with van der Waals surface area (Å²) in [6.07, 6.45) is 12.2. The third-order valence-electron chi connectivity index (χ3n) is 4.04. The topological polar surface area (TPSA) is 42.2 Å². The van der Waals surface area contributed by atoms with Crippen molar-refractivity contribution in [1.82, 2.24) is 14.9 Å². The van der Waals surface area contributed by atoms with Crippen LogP contribution < -0.4 is 5.32 Å². The molecule has 1 aromatic rings. The van der Waals surface area contributed by atoms with Crippen LogP contribution >= 0.6 is 11.8 Å². The number of unbranched alkanes of at least 4 members (excludes halogenated alkanes) is 1. The van der Waals surface area contributed by atoms with Crippen LogP contribution in [0.2, 0.25) is 0 Å². The minimum absolute atomic E-state index is 0.714. The fourth-order valence-electron chi connectivity index (χ4n) is 2.91. The van der Waals surface area contributed by atoms with E-state index in [0.717, 1.165) is 25.4 Å². The van der Waals surface area contributed by atoms with Crippen LogP contribution in [0.25, 0.3) is 0 Å². The van der Waals surface area contributed by atoms with Crippen LogP contribution in [-0.4, -0.2) is 33.1 Å². The lowest BCUT2D eigenvalue weighted by atomic mass is 10.1. The zero-order valence-corrected chi connectivity index (χ0v) is 12.1. The molecule has 1 aromatic heterocycles. The van der Waals surface area contributed by atoms with E-state index >= 15 is 0 Å². The van der Waals surface area contributed by atoms with Gasteiger partial charge in [-0.15, -0.1) is 0 Å². The highest BCUT2D eigenvalue weighted by molar-refractivity contribution is 8.13. The molecule has 2 fully saturated rings. The van der Waals surface area contributed by atoms with Gasteiger partial charge in [0.2, 0.25) is 0 Å². The molecule has 0 aromatic carbocycles. The summed E-state index contributed by atoms with van der Waals surface area (Å²) in [7, 11) is 0. The largest absolute Gasteiger partial charge is 0.362 e. The Kier molecular flexibility index (Phi) is 4.43. The molecule has 2 atom stereocenters. The van der Waals surface area contributed by atoms with E-state index in [-0.39, 0.29) is 0 Å². The van der Waals surface area contributed by atoms with E-state index in [4.69, 9.17) is 4.99 Å². The molecule has 19 heavy (non-hydrogen) atoms. The Morgan fingerprint density at radius 2 is 2.42 bits per heavy atom. The number of aryl methyl sites for hydroxylation is 1. The smallest absolute Gasteiger partial charge is 0.156 e. The molecule has 2 aliphatic rings. The number of nitrogens with one attached hydrogen (secondary N) is 1. The van der Waals surface area contributed by atoms with Crippen LogP contribution in [0.1, 0.15) is 32.1 Å². The summed E-state index contributed by atoms with van der Waals surface area (Å²) in [5.41, 5.74) is 0. The Balaban J connectivity index is 1.36. The zero-order valence-electron chi connectivity index (χ0n) is 11.3. The minimum Gasteiger partial charge on any atom is -0.362 e. The van der Waals surface area contributed by atoms with Crippen molar-refractivity contribution < 1.29 is 0 Å². The number of hydrogen-bond acceptors (Lipinski definition) is 3. The second kappa shape index (κ2) is 6.46. The zero-order chi connectivity index (χ0) is 12.9. The monoisotopic (exact) mass is 278 g/mol. The molecule has 5 heteroatoms. The van der Waals surface area contributed by atoms with Crippen molar-refractivity contribution in [1.29, 1.82) is 0 Å². The summed E-state index contributed by atoms with van der Waals surface area (Å²) in [6.45, 7) is 2.00. The number of fused-ring (bicyclic) bond motifs is 1. The van der Waals surface area contributed by atoms with Gasteiger partial charge < -0.3 is 9.88 Å². The van der Waals surface area contributed by atoms with Gasteiger partial charge >= 0.3 is 0 Å². The summed E-state index contributed by atoms with van der Waals surface area (Å²) in [5.74, 6) is 2.16. The van der Waals surface area contributed by atoms with Crippen LogP contribution in [0, 0.1) is 5.92 Å². The molecule has 0 bridgehead atoms. The molecule has 104 valence electrons. The van der Waals surface area contributed by atoms with Crippen LogP contribution in [0.4, 0.5) is 0 Å². The number of rotatable bonds is 5. The van der Waals surface area contributed by atoms with Crippen LogP contribution in [0.15, 0.2) is 23.7 Å². The minimum atomic E-state index is 0.714.